The summed E-state index contributed by atoms with van der Waals surface area (Å²) in [6.07, 6.45) is -1.73. The van der Waals surface area contributed by atoms with Gasteiger partial charge in [-0.2, -0.15) is 0 Å². The third kappa shape index (κ3) is 15.4. The van der Waals surface area contributed by atoms with Gasteiger partial charge in [0.1, 0.15) is 36.3 Å². The van der Waals surface area contributed by atoms with Gasteiger partial charge in [0.25, 0.3) is 0 Å². The van der Waals surface area contributed by atoms with Crippen LogP contribution in [0.15, 0.2) is 30.3 Å². The van der Waals surface area contributed by atoms with Crippen LogP contribution in [0.3, 0.4) is 0 Å². The molecule has 19 heteroatoms. The number of nitrogens with one attached hydrogen (secondary N) is 5. The molecular formula is C30H47N7O12. The van der Waals surface area contributed by atoms with Crippen LogP contribution in [0.5, 0.6) is 0 Å². The van der Waals surface area contributed by atoms with Gasteiger partial charge in [-0.05, 0) is 44.7 Å². The first-order valence-corrected chi connectivity index (χ1v) is 15.5. The van der Waals surface area contributed by atoms with Crippen LogP contribution in [0.25, 0.3) is 0 Å². The smallest absolute Gasteiger partial charge is 0.328 e. The highest BCUT2D eigenvalue weighted by Gasteiger charge is 2.33. The molecule has 274 valence electrons. The minimum absolute atomic E-state index is 0.0246. The third-order valence-corrected chi connectivity index (χ3v) is 7.21. The SMILES string of the molecule is C[C@@H](O)[C@H](N)C(=O)N[C@@H](Cc1ccccc1)C(=O)N[C@@H](CCC(=O)O)C(=O)N[C@@H](CO)C(=O)N[C@@H](CCCCN)C(=O)N[C@@H](CO)C(=O)O. The van der Waals surface area contributed by atoms with E-state index in [9.17, 15) is 54.0 Å². The molecule has 0 saturated carbocycles. The van der Waals surface area contributed by atoms with Gasteiger partial charge >= 0.3 is 11.9 Å². The number of hydrogen-bond donors (Lipinski definition) is 12. The van der Waals surface area contributed by atoms with Gasteiger partial charge < -0.3 is 63.6 Å². The van der Waals surface area contributed by atoms with Crippen molar-refractivity contribution in [1.29, 1.82) is 0 Å². The van der Waals surface area contributed by atoms with Crippen LogP contribution in [-0.4, -0.2) is 129 Å². The van der Waals surface area contributed by atoms with Crippen LogP contribution < -0.4 is 38.1 Å². The number of rotatable bonds is 23. The minimum Gasteiger partial charge on any atom is -0.481 e. The van der Waals surface area contributed by atoms with Crippen molar-refractivity contribution in [3.05, 3.63) is 35.9 Å². The average molecular weight is 698 g/mol. The maximum Gasteiger partial charge on any atom is 0.328 e. The van der Waals surface area contributed by atoms with Crippen LogP contribution in [0.2, 0.25) is 0 Å². The zero-order chi connectivity index (χ0) is 37.1. The molecule has 7 atom stereocenters. The highest BCUT2D eigenvalue weighted by atomic mass is 16.4. The first-order chi connectivity index (χ1) is 23.1. The number of aliphatic hydroxyl groups is 3. The van der Waals surface area contributed by atoms with Crippen LogP contribution in [0.1, 0.15) is 44.6 Å². The van der Waals surface area contributed by atoms with Crippen molar-refractivity contribution in [3.8, 4) is 0 Å². The molecule has 5 amide bonds. The number of hydrogen-bond acceptors (Lipinski definition) is 12. The Hall–Kier alpha value is -4.69. The summed E-state index contributed by atoms with van der Waals surface area (Å²) in [7, 11) is 0. The van der Waals surface area contributed by atoms with Crippen molar-refractivity contribution in [3.63, 3.8) is 0 Å². The fraction of sp³-hybridized carbons (Fsp3) is 0.567. The lowest BCUT2D eigenvalue weighted by atomic mass is 10.0. The first kappa shape index (κ1) is 42.3. The van der Waals surface area contributed by atoms with E-state index >= 15 is 0 Å². The maximum atomic E-state index is 13.4. The summed E-state index contributed by atoms with van der Waals surface area (Å²) in [5.74, 6) is -7.81. The van der Waals surface area contributed by atoms with Crippen molar-refractivity contribution >= 4 is 41.5 Å². The van der Waals surface area contributed by atoms with Gasteiger partial charge in [-0.25, -0.2) is 4.79 Å². The van der Waals surface area contributed by atoms with E-state index in [2.05, 4.69) is 26.6 Å². The number of carbonyl (C=O) groups excluding carboxylic acids is 5. The van der Waals surface area contributed by atoms with Crippen molar-refractivity contribution in [2.75, 3.05) is 19.8 Å². The second kappa shape index (κ2) is 22.0. The Labute approximate surface area is 282 Å². The number of unbranched alkanes of at least 4 members (excludes halogenated alkanes) is 1. The first-order valence-electron chi connectivity index (χ1n) is 15.5. The number of amides is 5. The Bertz CT molecular complexity index is 1270. The van der Waals surface area contributed by atoms with E-state index < -0.39 is 110 Å². The zero-order valence-corrected chi connectivity index (χ0v) is 27.0. The monoisotopic (exact) mass is 697 g/mol. The summed E-state index contributed by atoms with van der Waals surface area (Å²) in [5.41, 5.74) is 11.8. The molecule has 0 spiro atoms. The summed E-state index contributed by atoms with van der Waals surface area (Å²) >= 11 is 0. The van der Waals surface area contributed by atoms with Gasteiger partial charge in [-0.15, -0.1) is 0 Å². The second-order valence-electron chi connectivity index (χ2n) is 11.2. The molecule has 1 aromatic carbocycles. The van der Waals surface area contributed by atoms with Gasteiger partial charge in [0, 0.05) is 12.8 Å². The quantitative estimate of drug-likeness (QED) is 0.0479. The number of benzene rings is 1. The molecule has 0 radical (unpaired) electrons. The van der Waals surface area contributed by atoms with Crippen molar-refractivity contribution in [1.82, 2.24) is 26.6 Å². The molecule has 49 heavy (non-hydrogen) atoms. The normalized spacial score (nSPS) is 15.2. The number of aliphatic hydroxyl groups excluding tert-OH is 3. The molecule has 0 heterocycles. The summed E-state index contributed by atoms with van der Waals surface area (Å²) in [5, 5.41) is 58.7. The van der Waals surface area contributed by atoms with E-state index in [1.807, 2.05) is 0 Å². The van der Waals surface area contributed by atoms with Gasteiger partial charge in [0.15, 0.2) is 0 Å². The van der Waals surface area contributed by atoms with E-state index in [1.54, 1.807) is 30.3 Å². The lowest BCUT2D eigenvalue weighted by Crippen LogP contribution is -2.60. The van der Waals surface area contributed by atoms with E-state index in [-0.39, 0.29) is 19.4 Å². The minimum atomic E-state index is -1.72. The number of carbonyl (C=O) groups is 7. The molecule has 1 aromatic rings. The summed E-state index contributed by atoms with van der Waals surface area (Å²) in [4.78, 5) is 87.9. The van der Waals surface area contributed by atoms with E-state index in [1.165, 1.54) is 6.92 Å². The highest BCUT2D eigenvalue weighted by Crippen LogP contribution is 2.08. The molecule has 0 bridgehead atoms. The topological polar surface area (TPSA) is 333 Å². The van der Waals surface area contributed by atoms with Crippen LogP contribution in [0, 0.1) is 0 Å². The second-order valence-corrected chi connectivity index (χ2v) is 11.2. The molecule has 0 aromatic heterocycles. The molecule has 14 N–H and O–H groups in total. The highest BCUT2D eigenvalue weighted by molar-refractivity contribution is 5.96. The Balaban J connectivity index is 3.21. The Kier molecular flexibility index (Phi) is 19.0. The van der Waals surface area contributed by atoms with Crippen LogP contribution in [0.4, 0.5) is 0 Å². The Morgan fingerprint density at radius 3 is 1.63 bits per heavy atom. The molecule has 0 saturated heterocycles. The maximum absolute atomic E-state index is 13.4. The summed E-state index contributed by atoms with van der Waals surface area (Å²) < 4.78 is 0. The molecule has 0 aliphatic carbocycles. The summed E-state index contributed by atoms with van der Waals surface area (Å²) in [6.45, 7) is -0.426. The summed E-state index contributed by atoms with van der Waals surface area (Å²) in [6, 6.07) is -0.710. The number of aliphatic carboxylic acids is 2. The zero-order valence-electron chi connectivity index (χ0n) is 27.0. The molecule has 0 aliphatic heterocycles. The predicted octanol–water partition coefficient (Wildman–Crippen LogP) is -4.58. The van der Waals surface area contributed by atoms with Gasteiger partial charge in [-0.3, -0.25) is 28.8 Å². The van der Waals surface area contributed by atoms with Gasteiger partial charge in [0.2, 0.25) is 29.5 Å². The lowest BCUT2D eigenvalue weighted by Gasteiger charge is -2.26. The fourth-order valence-corrected chi connectivity index (χ4v) is 4.31. The van der Waals surface area contributed by atoms with E-state index in [0.717, 1.165) is 0 Å². The third-order valence-electron chi connectivity index (χ3n) is 7.21. The lowest BCUT2D eigenvalue weighted by molar-refractivity contribution is -0.143. The number of carboxylic acids is 2. The predicted molar refractivity (Wildman–Crippen MR) is 171 cm³/mol. The number of carboxylic acid groups (broad SMARTS) is 2. The molecule has 1 rings (SSSR count). The van der Waals surface area contributed by atoms with Gasteiger partial charge in [-0.1, -0.05) is 30.3 Å². The van der Waals surface area contributed by atoms with Gasteiger partial charge in [0.05, 0.1) is 19.3 Å². The molecule has 0 fully saturated rings. The number of nitrogens with two attached hydrogens (primary N) is 2. The Morgan fingerprint density at radius 2 is 1.14 bits per heavy atom. The van der Waals surface area contributed by atoms with Crippen LogP contribution >= 0.6 is 0 Å². The standard InChI is InChI=1S/C30H47N7O12/c1-16(40)24(32)29(47)35-20(13-17-7-3-2-4-8-17)27(45)34-19(10-11-23(41)42)26(44)36-21(14-38)28(46)33-18(9-5-6-12-31)25(43)37-22(15-39)30(48)49/h2-4,7-8,16,18-22,24,38-40H,5-6,9-15,31-32H2,1H3,(H,33,46)(H,34,45)(H,35,47)(H,36,44)(H,37,43)(H,41,42)(H,48,49)/t16-,18+,19+,20+,21+,22+,24+/m1/s1. The van der Waals surface area contributed by atoms with E-state index in [0.29, 0.717) is 18.4 Å². The molecule has 19 nitrogen and oxygen atoms in total. The van der Waals surface area contributed by atoms with E-state index in [4.69, 9.17) is 16.6 Å². The molecule has 0 unspecified atom stereocenters. The average Bonchev–Trinajstić information content (AvgIpc) is 3.06. The van der Waals surface area contributed by atoms with Crippen molar-refractivity contribution in [2.45, 2.75) is 87.8 Å². The molecule has 0 aliphatic rings. The fourth-order valence-electron chi connectivity index (χ4n) is 4.31. The van der Waals surface area contributed by atoms with Crippen molar-refractivity contribution < 1.29 is 59.1 Å². The largest absolute Gasteiger partial charge is 0.481 e. The van der Waals surface area contributed by atoms with Crippen LogP contribution in [-0.2, 0) is 40.0 Å². The molecular weight excluding hydrogens is 650 g/mol. The Morgan fingerprint density at radius 1 is 0.673 bits per heavy atom. The van der Waals surface area contributed by atoms with Crippen molar-refractivity contribution in [2.24, 2.45) is 11.5 Å².